The first-order valence-electron chi connectivity index (χ1n) is 10.6. The van der Waals surface area contributed by atoms with Gasteiger partial charge in [0.2, 0.25) is 5.88 Å². The Morgan fingerprint density at radius 1 is 1.26 bits per heavy atom. The minimum atomic E-state index is -0.112. The Labute approximate surface area is 163 Å². The maximum atomic E-state index is 12.5. The summed E-state index contributed by atoms with van der Waals surface area (Å²) in [5.74, 6) is 1.42. The van der Waals surface area contributed by atoms with Crippen LogP contribution in [0.25, 0.3) is 0 Å². The van der Waals surface area contributed by atoms with Gasteiger partial charge in [-0.05, 0) is 63.4 Å². The molecule has 4 heteroatoms. The van der Waals surface area contributed by atoms with Crippen LogP contribution in [-0.2, 0) is 11.2 Å². The van der Waals surface area contributed by atoms with Crippen molar-refractivity contribution in [2.75, 3.05) is 0 Å². The van der Waals surface area contributed by atoms with E-state index in [0.29, 0.717) is 17.7 Å². The van der Waals surface area contributed by atoms with Crippen LogP contribution in [0.15, 0.2) is 23.8 Å². The summed E-state index contributed by atoms with van der Waals surface area (Å²) in [5.41, 5.74) is 9.90. The molecule has 2 aliphatic rings. The molecule has 3 rings (SSSR count). The molecule has 2 fully saturated rings. The van der Waals surface area contributed by atoms with Crippen LogP contribution < -0.4 is 10.5 Å². The smallest absolute Gasteiger partial charge is 0.315 e. The summed E-state index contributed by atoms with van der Waals surface area (Å²) >= 11 is 0. The molecule has 0 radical (unpaired) electrons. The van der Waals surface area contributed by atoms with Crippen LogP contribution >= 0.6 is 0 Å². The van der Waals surface area contributed by atoms with Crippen molar-refractivity contribution in [3.63, 3.8) is 0 Å². The van der Waals surface area contributed by atoms with E-state index in [0.717, 1.165) is 56.2 Å². The first-order chi connectivity index (χ1) is 13.0. The van der Waals surface area contributed by atoms with Crippen LogP contribution in [0.1, 0.15) is 70.1 Å². The fourth-order valence-electron chi connectivity index (χ4n) is 4.81. The molecule has 2 N–H and O–H groups in total. The first kappa shape index (κ1) is 20.1. The van der Waals surface area contributed by atoms with E-state index in [9.17, 15) is 4.79 Å². The summed E-state index contributed by atoms with van der Waals surface area (Å²) in [7, 11) is 0. The maximum Gasteiger partial charge on any atom is 0.315 e. The molecule has 3 unspecified atom stereocenters. The minimum Gasteiger partial charge on any atom is -0.407 e. The summed E-state index contributed by atoms with van der Waals surface area (Å²) < 4.78 is 5.64. The molecule has 3 atom stereocenters. The molecule has 0 bridgehead atoms. The number of nitrogens with zero attached hydrogens (tertiary/aromatic N) is 1. The number of hydrogen-bond acceptors (Lipinski definition) is 4. The van der Waals surface area contributed by atoms with Gasteiger partial charge in [0.25, 0.3) is 0 Å². The molecule has 27 heavy (non-hydrogen) atoms. The number of hydrogen-bond donors (Lipinski definition) is 1. The molecule has 0 spiro atoms. The van der Waals surface area contributed by atoms with Gasteiger partial charge in [0.05, 0.1) is 5.92 Å². The molecule has 2 saturated carbocycles. The third kappa shape index (κ3) is 4.98. The minimum absolute atomic E-state index is 0.0390. The van der Waals surface area contributed by atoms with Crippen molar-refractivity contribution >= 4 is 5.97 Å². The van der Waals surface area contributed by atoms with E-state index in [1.807, 2.05) is 12.1 Å². The van der Waals surface area contributed by atoms with Gasteiger partial charge in [-0.25, -0.2) is 4.98 Å². The van der Waals surface area contributed by atoms with Crippen molar-refractivity contribution in [3.8, 4) is 5.88 Å². The highest BCUT2D eigenvalue weighted by molar-refractivity contribution is 5.74. The normalized spacial score (nSPS) is 28.3. The van der Waals surface area contributed by atoms with Crippen molar-refractivity contribution < 1.29 is 9.53 Å². The number of rotatable bonds is 4. The highest BCUT2D eigenvalue weighted by atomic mass is 16.5. The summed E-state index contributed by atoms with van der Waals surface area (Å²) in [5, 5.41) is 0. The summed E-state index contributed by atoms with van der Waals surface area (Å²) in [6, 6.07) is 4.00. The predicted molar refractivity (Wildman–Crippen MR) is 109 cm³/mol. The topological polar surface area (TPSA) is 65.2 Å². The van der Waals surface area contributed by atoms with Gasteiger partial charge in [-0.2, -0.15) is 0 Å². The first-order valence-corrected chi connectivity index (χ1v) is 10.6. The van der Waals surface area contributed by atoms with Crippen LogP contribution in [0.4, 0.5) is 0 Å². The zero-order valence-corrected chi connectivity index (χ0v) is 17.0. The lowest BCUT2D eigenvalue weighted by molar-refractivity contribution is -0.140. The van der Waals surface area contributed by atoms with Gasteiger partial charge in [0.15, 0.2) is 0 Å². The van der Waals surface area contributed by atoms with Crippen LogP contribution in [0.2, 0.25) is 0 Å². The second-order valence-electron chi connectivity index (χ2n) is 8.54. The molecule has 0 aliphatic heterocycles. The Balaban J connectivity index is 1.72. The van der Waals surface area contributed by atoms with Crippen LogP contribution in [0, 0.1) is 24.7 Å². The lowest BCUT2D eigenvalue weighted by Crippen LogP contribution is -2.35. The number of esters is 1. The molecular weight excluding hydrogens is 336 g/mol. The number of ether oxygens (including phenoxy) is 1. The van der Waals surface area contributed by atoms with E-state index >= 15 is 0 Å². The van der Waals surface area contributed by atoms with Gasteiger partial charge in [-0.15, -0.1) is 0 Å². The predicted octanol–water partition coefficient (Wildman–Crippen LogP) is 4.74. The van der Waals surface area contributed by atoms with Gasteiger partial charge < -0.3 is 10.5 Å². The van der Waals surface area contributed by atoms with Gasteiger partial charge in [0.1, 0.15) is 0 Å². The largest absolute Gasteiger partial charge is 0.407 e. The number of carbonyl (C=O) groups excluding carboxylic acids is 1. The Hall–Kier alpha value is -1.68. The molecule has 0 amide bonds. The zero-order valence-electron chi connectivity index (χ0n) is 17.0. The SMILES string of the molecule is C/C=C1/C(N)CC(C)CC1Cc1nc(OC(=O)C2CCCCC2)ccc1C. The summed E-state index contributed by atoms with van der Waals surface area (Å²) in [4.78, 5) is 17.2. The molecule has 1 heterocycles. The van der Waals surface area contributed by atoms with E-state index in [-0.39, 0.29) is 17.9 Å². The Morgan fingerprint density at radius 2 is 2.00 bits per heavy atom. The van der Waals surface area contributed by atoms with Crippen LogP contribution in [0.5, 0.6) is 5.88 Å². The highest BCUT2D eigenvalue weighted by Gasteiger charge is 2.29. The fourth-order valence-corrected chi connectivity index (χ4v) is 4.81. The lowest BCUT2D eigenvalue weighted by Gasteiger charge is -2.34. The van der Waals surface area contributed by atoms with Gasteiger partial charge in [0, 0.05) is 17.8 Å². The molecule has 4 nitrogen and oxygen atoms in total. The van der Waals surface area contributed by atoms with Crippen LogP contribution in [0.3, 0.4) is 0 Å². The van der Waals surface area contributed by atoms with E-state index in [4.69, 9.17) is 15.5 Å². The molecular formula is C23H34N2O2. The van der Waals surface area contributed by atoms with E-state index in [1.54, 1.807) is 0 Å². The Kier molecular flexibility index (Phi) is 6.69. The quantitative estimate of drug-likeness (QED) is 0.614. The molecule has 0 aromatic carbocycles. The second-order valence-corrected chi connectivity index (χ2v) is 8.54. The van der Waals surface area contributed by atoms with E-state index < -0.39 is 0 Å². The maximum absolute atomic E-state index is 12.5. The fraction of sp³-hybridized carbons (Fsp3) is 0.652. The van der Waals surface area contributed by atoms with Crippen LogP contribution in [-0.4, -0.2) is 17.0 Å². The molecule has 148 valence electrons. The number of aryl methyl sites for hydroxylation is 1. The number of carbonyl (C=O) groups is 1. The third-order valence-electron chi connectivity index (χ3n) is 6.34. The van der Waals surface area contributed by atoms with Crippen molar-refractivity contribution in [2.45, 2.75) is 78.2 Å². The summed E-state index contributed by atoms with van der Waals surface area (Å²) in [6.07, 6.45) is 10.6. The Bertz CT molecular complexity index is 692. The average Bonchev–Trinajstić information content (AvgIpc) is 2.65. The highest BCUT2D eigenvalue weighted by Crippen LogP contribution is 2.35. The standard InChI is InChI=1S/C23H34N2O2/c1-4-19-18(12-15(2)13-20(19)24)14-21-16(3)10-11-22(25-21)27-23(26)17-8-6-5-7-9-17/h4,10-11,15,17-18,20H,5-9,12-14,24H2,1-3H3/b19-4+. The lowest BCUT2D eigenvalue weighted by atomic mass is 9.73. The molecule has 2 aliphatic carbocycles. The monoisotopic (exact) mass is 370 g/mol. The molecule has 1 aromatic rings. The summed E-state index contributed by atoms with van der Waals surface area (Å²) in [6.45, 7) is 6.44. The van der Waals surface area contributed by atoms with Crippen molar-refractivity contribution in [1.82, 2.24) is 4.98 Å². The van der Waals surface area contributed by atoms with Gasteiger partial charge in [-0.1, -0.05) is 43.9 Å². The number of allylic oxidation sites excluding steroid dienone is 1. The average molecular weight is 371 g/mol. The molecule has 1 aromatic heterocycles. The van der Waals surface area contributed by atoms with E-state index in [1.165, 1.54) is 12.0 Å². The van der Waals surface area contributed by atoms with E-state index in [2.05, 4.69) is 26.8 Å². The molecule has 0 saturated heterocycles. The van der Waals surface area contributed by atoms with Crippen molar-refractivity contribution in [1.29, 1.82) is 0 Å². The van der Waals surface area contributed by atoms with Crippen molar-refractivity contribution in [2.24, 2.45) is 23.5 Å². The second kappa shape index (κ2) is 9.01. The van der Waals surface area contributed by atoms with Gasteiger partial charge in [-0.3, -0.25) is 4.79 Å². The zero-order chi connectivity index (χ0) is 19.4. The van der Waals surface area contributed by atoms with Gasteiger partial charge >= 0.3 is 5.97 Å². The number of nitrogens with two attached hydrogens (primary N) is 1. The Morgan fingerprint density at radius 3 is 2.70 bits per heavy atom. The van der Waals surface area contributed by atoms with Crippen molar-refractivity contribution in [3.05, 3.63) is 35.0 Å². The third-order valence-corrected chi connectivity index (χ3v) is 6.34. The number of aromatic nitrogens is 1. The number of pyridine rings is 1.